The van der Waals surface area contributed by atoms with Crippen molar-refractivity contribution in [1.82, 2.24) is 0 Å². The number of hydrogen-bond acceptors (Lipinski definition) is 6. The Morgan fingerprint density at radius 1 is 0.886 bits per heavy atom. The molecule has 0 saturated carbocycles. The van der Waals surface area contributed by atoms with Gasteiger partial charge in [-0.2, -0.15) is 0 Å². The maximum atomic E-state index is 12.9. The topological polar surface area (TPSA) is 114 Å². The summed E-state index contributed by atoms with van der Waals surface area (Å²) in [7, 11) is -0.764. The van der Waals surface area contributed by atoms with Crippen LogP contribution < -0.4 is 14.9 Å². The number of benzene rings is 3. The van der Waals surface area contributed by atoms with E-state index < -0.39 is 16.1 Å². The molecule has 0 radical (unpaired) electrons. The predicted octanol–water partition coefficient (Wildman–Crippen LogP) is 4.27. The highest BCUT2D eigenvalue weighted by atomic mass is 32.2. The van der Waals surface area contributed by atoms with E-state index in [9.17, 15) is 18.0 Å². The number of ether oxygens (including phenoxy) is 2. The van der Waals surface area contributed by atoms with Gasteiger partial charge < -0.3 is 14.8 Å². The first-order chi connectivity index (χ1) is 16.7. The Bertz CT molecular complexity index is 1280. The summed E-state index contributed by atoms with van der Waals surface area (Å²) in [6.45, 7) is 2.29. The highest BCUT2D eigenvalue weighted by Gasteiger charge is 2.21. The molecule has 0 aliphatic rings. The Kier molecular flexibility index (Phi) is 8.45. The van der Waals surface area contributed by atoms with Gasteiger partial charge in [0, 0.05) is 31.1 Å². The first-order valence-corrected chi connectivity index (χ1v) is 12.1. The Morgan fingerprint density at radius 3 is 2.14 bits per heavy atom. The number of amides is 2. The molecule has 0 spiro atoms. The number of carbonyl (C=O) groups is 2. The lowest BCUT2D eigenvalue weighted by molar-refractivity contribution is 0.102. The van der Waals surface area contributed by atoms with Gasteiger partial charge in [-0.25, -0.2) is 13.2 Å². The zero-order chi connectivity index (χ0) is 25.4. The molecule has 3 aromatic carbocycles. The molecule has 10 heteroatoms. The average Bonchev–Trinajstić information content (AvgIpc) is 2.84. The number of rotatable bonds is 9. The van der Waals surface area contributed by atoms with Gasteiger partial charge in [-0.3, -0.25) is 14.4 Å². The van der Waals surface area contributed by atoms with Crippen molar-refractivity contribution >= 4 is 39.1 Å². The molecule has 9 nitrogen and oxygen atoms in total. The van der Waals surface area contributed by atoms with Crippen molar-refractivity contribution in [3.8, 4) is 0 Å². The van der Waals surface area contributed by atoms with Crippen molar-refractivity contribution < 1.29 is 27.5 Å². The van der Waals surface area contributed by atoms with Crippen LogP contribution in [0.2, 0.25) is 0 Å². The summed E-state index contributed by atoms with van der Waals surface area (Å²) in [5, 5.41) is 5.33. The van der Waals surface area contributed by atoms with Crippen LogP contribution in [0.3, 0.4) is 0 Å². The molecule has 3 aromatic rings. The first kappa shape index (κ1) is 25.7. The minimum Gasteiger partial charge on any atom is -0.447 e. The van der Waals surface area contributed by atoms with Gasteiger partial charge in [0.1, 0.15) is 6.61 Å². The maximum Gasteiger partial charge on any atom is 0.411 e. The minimum absolute atomic E-state index is 0.121. The van der Waals surface area contributed by atoms with E-state index in [4.69, 9.17) is 9.47 Å². The van der Waals surface area contributed by atoms with Crippen molar-refractivity contribution in [1.29, 1.82) is 0 Å². The van der Waals surface area contributed by atoms with Crippen LogP contribution in [0, 0.1) is 6.92 Å². The number of nitrogens with zero attached hydrogens (tertiary/aromatic N) is 1. The quantitative estimate of drug-likeness (QED) is 0.427. The lowest BCUT2D eigenvalue weighted by atomic mass is 10.2. The lowest BCUT2D eigenvalue weighted by Gasteiger charge is -2.20. The largest absolute Gasteiger partial charge is 0.447 e. The van der Waals surface area contributed by atoms with Crippen molar-refractivity contribution in [3.05, 3.63) is 83.9 Å². The predicted molar refractivity (Wildman–Crippen MR) is 134 cm³/mol. The molecule has 3 rings (SSSR count). The molecule has 184 valence electrons. The summed E-state index contributed by atoms with van der Waals surface area (Å²) in [6, 6.07) is 19.4. The molecular weight excluding hydrogens is 470 g/mol. The van der Waals surface area contributed by atoms with E-state index in [2.05, 4.69) is 10.6 Å². The minimum atomic E-state index is -3.73. The Morgan fingerprint density at radius 2 is 1.51 bits per heavy atom. The maximum absolute atomic E-state index is 12.9. The zero-order valence-corrected chi connectivity index (χ0v) is 20.5. The van der Waals surface area contributed by atoms with E-state index in [1.807, 2.05) is 6.92 Å². The third-order valence-corrected chi connectivity index (χ3v) is 6.86. The SMILES string of the molecule is COCCOC(=O)Nc1cccc(NC(=O)c2ccc(N(C)S(=O)(=O)c3ccc(C)cc3)cc2)c1. The van der Waals surface area contributed by atoms with E-state index in [0.717, 1.165) is 5.56 Å². The number of carbonyl (C=O) groups excluding carboxylic acids is 2. The van der Waals surface area contributed by atoms with Crippen LogP contribution in [0.15, 0.2) is 77.7 Å². The van der Waals surface area contributed by atoms with Gasteiger partial charge in [-0.05, 0) is 61.5 Å². The summed E-state index contributed by atoms with van der Waals surface area (Å²) < 4.78 is 36.7. The van der Waals surface area contributed by atoms with Crippen molar-refractivity contribution in [3.63, 3.8) is 0 Å². The molecule has 0 fully saturated rings. The molecule has 2 N–H and O–H groups in total. The normalized spacial score (nSPS) is 10.9. The van der Waals surface area contributed by atoms with Gasteiger partial charge in [0.2, 0.25) is 0 Å². The summed E-state index contributed by atoms with van der Waals surface area (Å²) >= 11 is 0. The van der Waals surface area contributed by atoms with Crippen molar-refractivity contribution in [2.24, 2.45) is 0 Å². The zero-order valence-electron chi connectivity index (χ0n) is 19.6. The number of methoxy groups -OCH3 is 1. The monoisotopic (exact) mass is 497 g/mol. The van der Waals surface area contributed by atoms with E-state index in [1.54, 1.807) is 72.8 Å². The van der Waals surface area contributed by atoms with Crippen LogP contribution in [-0.2, 0) is 19.5 Å². The van der Waals surface area contributed by atoms with Gasteiger partial charge in [-0.15, -0.1) is 0 Å². The van der Waals surface area contributed by atoms with E-state index in [-0.39, 0.29) is 24.0 Å². The molecule has 35 heavy (non-hydrogen) atoms. The van der Waals surface area contributed by atoms with E-state index >= 15 is 0 Å². The molecule has 0 aliphatic heterocycles. The summed E-state index contributed by atoms with van der Waals surface area (Å²) in [6.07, 6.45) is -0.633. The molecular formula is C25H27N3O6S. The van der Waals surface area contributed by atoms with Crippen LogP contribution in [0.4, 0.5) is 21.9 Å². The third-order valence-electron chi connectivity index (χ3n) is 5.06. The standard InChI is InChI=1S/C25H27N3O6S/c1-18-7-13-23(14-8-18)35(31,32)28(2)22-11-9-19(10-12-22)24(29)26-20-5-4-6-21(17-20)27-25(30)34-16-15-33-3/h4-14,17H,15-16H2,1-3H3,(H,26,29)(H,27,30). The molecule has 0 aromatic heterocycles. The summed E-state index contributed by atoms with van der Waals surface area (Å²) in [5.74, 6) is -0.389. The van der Waals surface area contributed by atoms with Gasteiger partial charge in [0.25, 0.3) is 15.9 Å². The second-order valence-corrected chi connectivity index (χ2v) is 9.59. The number of aryl methyl sites for hydroxylation is 1. The number of hydrogen-bond donors (Lipinski definition) is 2. The Labute approximate surface area is 204 Å². The van der Waals surface area contributed by atoms with Gasteiger partial charge in [0.15, 0.2) is 0 Å². The summed E-state index contributed by atoms with van der Waals surface area (Å²) in [4.78, 5) is 24.7. The smallest absolute Gasteiger partial charge is 0.411 e. The molecule has 0 atom stereocenters. The van der Waals surface area contributed by atoms with Crippen LogP contribution >= 0.6 is 0 Å². The second-order valence-electron chi connectivity index (χ2n) is 7.62. The molecule has 0 saturated heterocycles. The molecule has 0 bridgehead atoms. The highest BCUT2D eigenvalue weighted by molar-refractivity contribution is 7.92. The van der Waals surface area contributed by atoms with E-state index in [1.165, 1.54) is 18.5 Å². The number of anilines is 3. The fourth-order valence-electron chi connectivity index (χ4n) is 3.08. The first-order valence-electron chi connectivity index (χ1n) is 10.7. The molecule has 2 amide bonds. The van der Waals surface area contributed by atoms with Gasteiger partial charge >= 0.3 is 6.09 Å². The Balaban J connectivity index is 1.65. The van der Waals surface area contributed by atoms with Crippen LogP contribution in [0.5, 0.6) is 0 Å². The van der Waals surface area contributed by atoms with Crippen molar-refractivity contribution in [2.45, 2.75) is 11.8 Å². The van der Waals surface area contributed by atoms with E-state index in [0.29, 0.717) is 22.6 Å². The molecule has 0 heterocycles. The molecule has 0 aliphatic carbocycles. The van der Waals surface area contributed by atoms with Crippen molar-refractivity contribution in [2.75, 3.05) is 42.3 Å². The fourth-order valence-corrected chi connectivity index (χ4v) is 4.27. The van der Waals surface area contributed by atoms with Crippen LogP contribution in [0.1, 0.15) is 15.9 Å². The molecule has 0 unspecified atom stereocenters. The fraction of sp³-hybridized carbons (Fsp3) is 0.200. The third kappa shape index (κ3) is 6.81. The van der Waals surface area contributed by atoms with Gasteiger partial charge in [-0.1, -0.05) is 23.8 Å². The lowest BCUT2D eigenvalue weighted by Crippen LogP contribution is -2.26. The van der Waals surface area contributed by atoms with Crippen LogP contribution in [0.25, 0.3) is 0 Å². The number of sulfonamides is 1. The van der Waals surface area contributed by atoms with Crippen LogP contribution in [-0.4, -0.2) is 47.8 Å². The summed E-state index contributed by atoms with van der Waals surface area (Å²) in [5.41, 5.74) is 2.63. The van der Waals surface area contributed by atoms with Gasteiger partial charge in [0.05, 0.1) is 17.2 Å². The number of nitrogens with one attached hydrogen (secondary N) is 2. The average molecular weight is 498 g/mol. The second kappa shape index (κ2) is 11.5. The Hall–Kier alpha value is -3.89. The highest BCUT2D eigenvalue weighted by Crippen LogP contribution is 2.23.